The summed E-state index contributed by atoms with van der Waals surface area (Å²) in [6.45, 7) is 21.1. The maximum Gasteiger partial charge on any atom is 0.309 e. The number of rotatable bonds is 24. The molecule has 0 radical (unpaired) electrons. The van der Waals surface area contributed by atoms with Crippen LogP contribution in [0, 0.1) is 52.2 Å². The Kier molecular flexibility index (Phi) is 16.2. The van der Waals surface area contributed by atoms with Gasteiger partial charge in [0.05, 0.1) is 17.7 Å². The van der Waals surface area contributed by atoms with Crippen LogP contribution in [0.5, 0.6) is 0 Å². The Labute approximate surface area is 316 Å². The molecule has 11 unspecified atom stereocenters. The number of carboxylic acid groups (broad SMARTS) is 1. The Bertz CT molecular complexity index is 1280. The van der Waals surface area contributed by atoms with Crippen LogP contribution < -0.4 is 0 Å². The number of carboxylic acids is 1. The molecule has 298 valence electrons. The van der Waals surface area contributed by atoms with Crippen molar-refractivity contribution in [3.05, 3.63) is 23.5 Å². The van der Waals surface area contributed by atoms with Gasteiger partial charge in [0.1, 0.15) is 23.2 Å². The summed E-state index contributed by atoms with van der Waals surface area (Å²) in [5.74, 6) is -0.929. The molecular formula is C44H75NO7. The molecule has 0 aromatic carbocycles. The molecule has 3 aliphatic rings. The fraction of sp³-hybridized carbons (Fsp3) is 0.841. The number of unbranched alkanes of at least 4 members (excludes halogenated alkanes) is 1. The Morgan fingerprint density at radius 3 is 2.27 bits per heavy atom. The summed E-state index contributed by atoms with van der Waals surface area (Å²) >= 11 is 0. The van der Waals surface area contributed by atoms with Crippen molar-refractivity contribution in [2.24, 2.45) is 46.8 Å². The molecule has 0 aromatic heterocycles. The molecule has 0 aromatic rings. The maximum atomic E-state index is 13.7. The lowest BCUT2D eigenvalue weighted by Crippen LogP contribution is -2.53. The lowest BCUT2D eigenvalue weighted by molar-refractivity contribution is -0.246. The predicted molar refractivity (Wildman–Crippen MR) is 209 cm³/mol. The van der Waals surface area contributed by atoms with E-state index in [2.05, 4.69) is 41.5 Å². The van der Waals surface area contributed by atoms with Gasteiger partial charge in [0.2, 0.25) is 0 Å². The number of aliphatic hydroxyl groups excluding tert-OH is 1. The van der Waals surface area contributed by atoms with E-state index < -0.39 is 29.4 Å². The van der Waals surface area contributed by atoms with Crippen LogP contribution in [0.4, 0.5) is 0 Å². The van der Waals surface area contributed by atoms with E-state index in [0.717, 1.165) is 70.6 Å². The first kappa shape index (κ1) is 44.4. The zero-order valence-electron chi connectivity index (χ0n) is 34.4. The van der Waals surface area contributed by atoms with E-state index in [1.54, 1.807) is 19.1 Å². The summed E-state index contributed by atoms with van der Waals surface area (Å²) < 4.78 is 13.1. The number of allylic oxidation sites excluding steroid dienone is 2. The summed E-state index contributed by atoms with van der Waals surface area (Å²) in [6.07, 6.45) is 15.1. The van der Waals surface area contributed by atoms with Crippen LogP contribution in [0.25, 0.3) is 0 Å². The van der Waals surface area contributed by atoms with Crippen LogP contribution in [-0.2, 0) is 19.1 Å². The molecule has 0 saturated heterocycles. The maximum absolute atomic E-state index is 13.7. The lowest BCUT2D eigenvalue weighted by Gasteiger charge is -2.47. The third-order valence-electron chi connectivity index (χ3n) is 13.7. The third-order valence-corrected chi connectivity index (χ3v) is 13.7. The van der Waals surface area contributed by atoms with E-state index >= 15 is 0 Å². The van der Waals surface area contributed by atoms with Crippen molar-refractivity contribution in [1.82, 2.24) is 0 Å². The van der Waals surface area contributed by atoms with Crippen molar-refractivity contribution in [2.45, 2.75) is 189 Å². The number of Topliss-reactive ketones (excluding diaryl/α,β-unsaturated/α-hetero) is 1. The molecule has 0 fully saturated rings. The minimum atomic E-state index is -1.50. The van der Waals surface area contributed by atoms with E-state index in [-0.39, 0.29) is 35.2 Å². The molecule has 0 spiro atoms. The fourth-order valence-electron chi connectivity index (χ4n) is 9.22. The van der Waals surface area contributed by atoms with E-state index in [4.69, 9.17) is 14.9 Å². The topological polar surface area (TPSA) is 137 Å². The number of ketones is 1. The smallest absolute Gasteiger partial charge is 0.309 e. The fourth-order valence-corrected chi connectivity index (χ4v) is 9.22. The van der Waals surface area contributed by atoms with Crippen molar-refractivity contribution >= 4 is 17.5 Å². The molecule has 2 aliphatic heterocycles. The minimum Gasteiger partial charge on any atom is -0.494 e. The number of aliphatic carboxylic acids is 1. The average molecular weight is 730 g/mol. The molecule has 8 heteroatoms. The lowest BCUT2D eigenvalue weighted by atomic mass is 9.66. The second-order valence-corrected chi connectivity index (χ2v) is 17.9. The number of aliphatic hydroxyl groups is 2. The van der Waals surface area contributed by atoms with Gasteiger partial charge < -0.3 is 30.2 Å². The van der Waals surface area contributed by atoms with Crippen LogP contribution >= 0.6 is 0 Å². The monoisotopic (exact) mass is 730 g/mol. The number of carbonyl (C=O) groups excluding carboxylic acids is 1. The molecule has 3 rings (SSSR count). The highest BCUT2D eigenvalue weighted by Crippen LogP contribution is 2.51. The Balaban J connectivity index is 1.52. The van der Waals surface area contributed by atoms with Crippen LogP contribution in [0.2, 0.25) is 0 Å². The van der Waals surface area contributed by atoms with Gasteiger partial charge in [-0.1, -0.05) is 88.0 Å². The van der Waals surface area contributed by atoms with Crippen LogP contribution in [0.15, 0.2) is 23.5 Å². The van der Waals surface area contributed by atoms with Gasteiger partial charge >= 0.3 is 5.97 Å². The van der Waals surface area contributed by atoms with E-state index in [9.17, 15) is 24.9 Å². The highest BCUT2D eigenvalue weighted by atomic mass is 16.6. The van der Waals surface area contributed by atoms with Gasteiger partial charge in [-0.2, -0.15) is 0 Å². The molecular weight excluding hydrogens is 654 g/mol. The molecule has 1 aliphatic carbocycles. The van der Waals surface area contributed by atoms with E-state index in [1.807, 2.05) is 20.8 Å². The zero-order chi connectivity index (χ0) is 39.0. The number of hydrogen-bond acceptors (Lipinski definition) is 7. The summed E-state index contributed by atoms with van der Waals surface area (Å²) in [7, 11) is 0. The number of carbonyl (C=O) groups is 2. The number of nitrogens with one attached hydrogen (secondary N) is 1. The molecule has 4 N–H and O–H groups in total. The van der Waals surface area contributed by atoms with Gasteiger partial charge in [-0.3, -0.25) is 9.59 Å². The second-order valence-electron chi connectivity index (χ2n) is 17.9. The summed E-state index contributed by atoms with van der Waals surface area (Å²) in [4.78, 5) is 25.0. The number of ether oxygens (including phenoxy) is 2. The third kappa shape index (κ3) is 11.3. The second kappa shape index (κ2) is 19.0. The van der Waals surface area contributed by atoms with Crippen molar-refractivity contribution in [3.8, 4) is 0 Å². The Morgan fingerprint density at radius 1 is 1.00 bits per heavy atom. The van der Waals surface area contributed by atoms with E-state index in [0.29, 0.717) is 49.0 Å². The van der Waals surface area contributed by atoms with Gasteiger partial charge in [-0.15, -0.1) is 0 Å². The first-order valence-corrected chi connectivity index (χ1v) is 20.9. The largest absolute Gasteiger partial charge is 0.494 e. The standard InChI is InChI=1S/C44H75NO7/c1-11-31(7)42(9,39-19-18-34-27-37(34)51-39)22-23-43(10)38(45)20-21-44(50,52-43)32(8)25-29(5)26-33(12-2)40(47)30(6)24-28(4)16-14-15-17-36(46)35(13-3)41(48)49/h20-21,28-33,35-36,39,45-46,50H,11-19,22-27H2,1-10H3,(H,48,49)/t28?,29?,30?,31?,32?,33?,35?,36?,39?,42-,43?,44?/m1/s1. The summed E-state index contributed by atoms with van der Waals surface area (Å²) in [5.41, 5.74) is 0.885. The SMILES string of the molecule is CCC(CC(C)CC(C)C1(O)C=CC(=N)C(C)(CC[C@](C)(C(C)CC)C2CCC3=C(C3)O2)O1)C(=O)C(C)CC(C)CCCCC(O)C(CC)C(=O)O. The van der Waals surface area contributed by atoms with Crippen molar-refractivity contribution < 1.29 is 34.4 Å². The van der Waals surface area contributed by atoms with Crippen molar-refractivity contribution in [1.29, 1.82) is 5.41 Å². The molecule has 0 saturated carbocycles. The van der Waals surface area contributed by atoms with Gasteiger partial charge in [0.25, 0.3) is 0 Å². The highest BCUT2D eigenvalue weighted by Gasteiger charge is 2.49. The van der Waals surface area contributed by atoms with Gasteiger partial charge in [-0.05, 0) is 107 Å². The Hall–Kier alpha value is -2.03. The Morgan fingerprint density at radius 2 is 1.67 bits per heavy atom. The first-order valence-electron chi connectivity index (χ1n) is 20.9. The normalized spacial score (nSPS) is 28.8. The molecule has 12 atom stereocenters. The predicted octanol–water partition coefficient (Wildman–Crippen LogP) is 10.1. The molecule has 52 heavy (non-hydrogen) atoms. The quantitative estimate of drug-likeness (QED) is 0.0726. The average Bonchev–Trinajstić information content (AvgIpc) is 3.88. The van der Waals surface area contributed by atoms with E-state index in [1.165, 1.54) is 11.3 Å². The van der Waals surface area contributed by atoms with Gasteiger partial charge in [0, 0.05) is 29.6 Å². The molecule has 0 amide bonds. The van der Waals surface area contributed by atoms with Crippen molar-refractivity contribution in [3.63, 3.8) is 0 Å². The molecule has 8 nitrogen and oxygen atoms in total. The zero-order valence-corrected chi connectivity index (χ0v) is 34.4. The van der Waals surface area contributed by atoms with Gasteiger partial charge in [-0.25, -0.2) is 0 Å². The van der Waals surface area contributed by atoms with Crippen LogP contribution in [0.1, 0.15) is 166 Å². The van der Waals surface area contributed by atoms with Crippen LogP contribution in [0.3, 0.4) is 0 Å². The summed E-state index contributed by atoms with van der Waals surface area (Å²) in [5, 5.41) is 40.4. The van der Waals surface area contributed by atoms with Gasteiger partial charge in [0.15, 0.2) is 5.79 Å². The highest BCUT2D eigenvalue weighted by molar-refractivity contribution is 6.00. The first-order chi connectivity index (χ1) is 24.3. The molecule has 2 heterocycles. The van der Waals surface area contributed by atoms with Crippen molar-refractivity contribution in [2.75, 3.05) is 0 Å². The van der Waals surface area contributed by atoms with Crippen LogP contribution in [-0.4, -0.2) is 56.4 Å². The number of hydrogen-bond donors (Lipinski definition) is 4. The minimum absolute atomic E-state index is 0.0415. The summed E-state index contributed by atoms with van der Waals surface area (Å²) in [6, 6.07) is 0. The molecule has 0 bridgehead atoms.